The lowest BCUT2D eigenvalue weighted by Gasteiger charge is -2.37. The number of ether oxygens (including phenoxy) is 2. The molecule has 0 unspecified atom stereocenters. The smallest absolute Gasteiger partial charge is 0.221 e. The van der Waals surface area contributed by atoms with Gasteiger partial charge in [-0.2, -0.15) is 0 Å². The summed E-state index contributed by atoms with van der Waals surface area (Å²) in [6.07, 6.45) is 2.75. The van der Waals surface area contributed by atoms with E-state index in [1.165, 1.54) is 19.1 Å². The van der Waals surface area contributed by atoms with E-state index in [0.717, 1.165) is 28.1 Å². The van der Waals surface area contributed by atoms with Crippen molar-refractivity contribution in [2.24, 2.45) is 0 Å². The van der Waals surface area contributed by atoms with Crippen molar-refractivity contribution in [2.75, 3.05) is 18.5 Å². The second kappa shape index (κ2) is 9.40. The Hall–Kier alpha value is -3.88. The van der Waals surface area contributed by atoms with Gasteiger partial charge in [0.1, 0.15) is 5.82 Å². The molecule has 5 rings (SSSR count). The van der Waals surface area contributed by atoms with Gasteiger partial charge < -0.3 is 19.8 Å². The van der Waals surface area contributed by atoms with Crippen molar-refractivity contribution in [3.63, 3.8) is 0 Å². The molecule has 0 radical (unpaired) electrons. The van der Waals surface area contributed by atoms with Crippen LogP contribution in [0.5, 0.6) is 0 Å². The summed E-state index contributed by atoms with van der Waals surface area (Å²) in [5, 5.41) is 2.78. The number of nitrogens with zero attached hydrogens (tertiary/aromatic N) is 2. The van der Waals surface area contributed by atoms with Gasteiger partial charge >= 0.3 is 0 Å². The lowest BCUT2D eigenvalue weighted by Crippen LogP contribution is -2.40. The number of imidazole rings is 1. The van der Waals surface area contributed by atoms with Crippen LogP contribution in [0.1, 0.15) is 31.5 Å². The van der Waals surface area contributed by atoms with Crippen LogP contribution in [0.3, 0.4) is 0 Å². The van der Waals surface area contributed by atoms with Crippen molar-refractivity contribution in [2.45, 2.75) is 25.6 Å². The van der Waals surface area contributed by atoms with E-state index in [1.54, 1.807) is 24.5 Å². The number of aromatic nitrogens is 3. The number of carbonyl (C=O) groups is 1. The number of hydrogen-bond acceptors (Lipinski definition) is 5. The Bertz CT molecular complexity index is 1310. The fourth-order valence-corrected chi connectivity index (χ4v) is 4.14. The topological polar surface area (TPSA) is 89.1 Å². The molecule has 1 aliphatic heterocycles. The molecular weight excluding hydrogens is 447 g/mol. The molecule has 7 nitrogen and oxygen atoms in total. The summed E-state index contributed by atoms with van der Waals surface area (Å²) in [5.41, 5.74) is 4.58. The van der Waals surface area contributed by atoms with Crippen LogP contribution in [0.15, 0.2) is 73.1 Å². The van der Waals surface area contributed by atoms with Crippen molar-refractivity contribution >= 4 is 11.6 Å². The molecule has 0 aliphatic carbocycles. The van der Waals surface area contributed by atoms with Crippen LogP contribution >= 0.6 is 0 Å². The number of amides is 1. The number of pyridine rings is 1. The Morgan fingerprint density at radius 1 is 1.00 bits per heavy atom. The molecule has 35 heavy (non-hydrogen) atoms. The lowest BCUT2D eigenvalue weighted by atomic mass is 9.83. The predicted octanol–water partition coefficient (Wildman–Crippen LogP) is 5.24. The monoisotopic (exact) mass is 472 g/mol. The number of aromatic amines is 1. The number of benzene rings is 2. The number of halogens is 1. The first-order chi connectivity index (χ1) is 16.9. The molecule has 0 saturated carbocycles. The minimum atomic E-state index is -0.670. The minimum absolute atomic E-state index is 0.110. The highest BCUT2D eigenvalue weighted by Crippen LogP contribution is 2.37. The normalized spacial score (nSPS) is 19.9. The van der Waals surface area contributed by atoms with E-state index in [1.807, 2.05) is 36.4 Å². The van der Waals surface area contributed by atoms with E-state index >= 15 is 0 Å². The first-order valence-corrected chi connectivity index (χ1v) is 11.3. The molecule has 4 aromatic rings. The highest BCUT2D eigenvalue weighted by atomic mass is 19.1. The minimum Gasteiger partial charge on any atom is -0.345 e. The second-order valence-corrected chi connectivity index (χ2v) is 8.86. The first-order valence-electron chi connectivity index (χ1n) is 11.3. The Kier molecular flexibility index (Phi) is 6.15. The van der Waals surface area contributed by atoms with Crippen molar-refractivity contribution in [1.82, 2.24) is 15.0 Å². The van der Waals surface area contributed by atoms with Crippen LogP contribution in [-0.2, 0) is 19.7 Å². The maximum absolute atomic E-state index is 13.5. The molecule has 2 aromatic carbocycles. The lowest BCUT2D eigenvalue weighted by molar-refractivity contribution is -0.214. The zero-order chi connectivity index (χ0) is 24.4. The SMILES string of the molecule is CC(=O)Nc1ccc(C2(C)COC(c3nc(-c4ccc(F)cc4)c(-c4ccncc4)[nH]3)OC2)cc1. The average Bonchev–Trinajstić information content (AvgIpc) is 3.31. The van der Waals surface area contributed by atoms with E-state index in [-0.39, 0.29) is 17.1 Å². The van der Waals surface area contributed by atoms with Gasteiger partial charge in [0.15, 0.2) is 5.82 Å². The number of rotatable bonds is 5. The summed E-state index contributed by atoms with van der Waals surface area (Å²) in [4.78, 5) is 23.5. The molecule has 8 heteroatoms. The van der Waals surface area contributed by atoms with Crippen LogP contribution < -0.4 is 5.32 Å². The Morgan fingerprint density at radius 2 is 1.66 bits per heavy atom. The summed E-state index contributed by atoms with van der Waals surface area (Å²) in [5.74, 6) is 0.123. The van der Waals surface area contributed by atoms with E-state index in [4.69, 9.17) is 14.5 Å². The van der Waals surface area contributed by atoms with Crippen LogP contribution in [-0.4, -0.2) is 34.1 Å². The van der Waals surface area contributed by atoms with Gasteiger partial charge in [0.2, 0.25) is 12.2 Å². The molecule has 2 aromatic heterocycles. The van der Waals surface area contributed by atoms with Gasteiger partial charge in [-0.1, -0.05) is 19.1 Å². The molecular formula is C27H25FN4O3. The first kappa shape index (κ1) is 22.9. The summed E-state index contributed by atoms with van der Waals surface area (Å²) < 4.78 is 25.8. The van der Waals surface area contributed by atoms with Crippen LogP contribution in [0, 0.1) is 5.82 Å². The molecule has 0 atom stereocenters. The third kappa shape index (κ3) is 4.84. The highest BCUT2D eigenvalue weighted by Gasteiger charge is 2.36. The number of carbonyl (C=O) groups excluding carboxylic acids is 1. The second-order valence-electron chi connectivity index (χ2n) is 8.86. The maximum Gasteiger partial charge on any atom is 0.221 e. The average molecular weight is 473 g/mol. The van der Waals surface area contributed by atoms with Crippen molar-refractivity contribution in [3.05, 3.63) is 90.3 Å². The van der Waals surface area contributed by atoms with Crippen LogP contribution in [0.4, 0.5) is 10.1 Å². The molecule has 0 spiro atoms. The molecule has 1 saturated heterocycles. The van der Waals surface area contributed by atoms with E-state index < -0.39 is 6.29 Å². The molecule has 2 N–H and O–H groups in total. The van der Waals surface area contributed by atoms with Gasteiger partial charge in [-0.25, -0.2) is 9.37 Å². The van der Waals surface area contributed by atoms with E-state index in [2.05, 4.69) is 22.2 Å². The molecule has 178 valence electrons. The number of H-pyrrole nitrogens is 1. The molecule has 1 amide bonds. The third-order valence-corrected chi connectivity index (χ3v) is 6.04. The van der Waals surface area contributed by atoms with Gasteiger partial charge in [-0.15, -0.1) is 0 Å². The largest absolute Gasteiger partial charge is 0.345 e. The van der Waals surface area contributed by atoms with Crippen molar-refractivity contribution in [1.29, 1.82) is 0 Å². The van der Waals surface area contributed by atoms with Gasteiger partial charge in [-0.05, 0) is 54.1 Å². The molecule has 1 fully saturated rings. The quantitative estimate of drug-likeness (QED) is 0.415. The Morgan fingerprint density at radius 3 is 2.29 bits per heavy atom. The van der Waals surface area contributed by atoms with Gasteiger partial charge in [-0.3, -0.25) is 9.78 Å². The fraction of sp³-hybridized carbons (Fsp3) is 0.222. The molecule has 3 heterocycles. The zero-order valence-electron chi connectivity index (χ0n) is 19.4. The van der Waals surface area contributed by atoms with Crippen LogP contribution in [0.25, 0.3) is 22.5 Å². The summed E-state index contributed by atoms with van der Waals surface area (Å²) in [7, 11) is 0. The molecule has 0 bridgehead atoms. The van der Waals surface area contributed by atoms with E-state index in [0.29, 0.717) is 24.7 Å². The van der Waals surface area contributed by atoms with Crippen molar-refractivity contribution < 1.29 is 18.7 Å². The fourth-order valence-electron chi connectivity index (χ4n) is 4.14. The Balaban J connectivity index is 1.38. The van der Waals surface area contributed by atoms with E-state index in [9.17, 15) is 9.18 Å². The van der Waals surface area contributed by atoms with Gasteiger partial charge in [0, 0.05) is 41.5 Å². The third-order valence-electron chi connectivity index (χ3n) is 6.04. The van der Waals surface area contributed by atoms with Gasteiger partial charge in [0.05, 0.1) is 24.6 Å². The number of nitrogens with one attached hydrogen (secondary N) is 2. The maximum atomic E-state index is 13.5. The number of anilines is 1. The zero-order valence-corrected chi connectivity index (χ0v) is 19.4. The Labute approximate surface area is 202 Å². The van der Waals surface area contributed by atoms with Gasteiger partial charge in [0.25, 0.3) is 0 Å². The summed E-state index contributed by atoms with van der Waals surface area (Å²) in [6.45, 7) is 4.40. The van der Waals surface area contributed by atoms with Crippen molar-refractivity contribution in [3.8, 4) is 22.5 Å². The predicted molar refractivity (Wildman–Crippen MR) is 130 cm³/mol. The highest BCUT2D eigenvalue weighted by molar-refractivity contribution is 5.88. The summed E-state index contributed by atoms with van der Waals surface area (Å²) >= 11 is 0. The summed E-state index contributed by atoms with van der Waals surface area (Å²) in [6, 6.07) is 17.7. The standard InChI is InChI=1S/C27H25FN4O3/c1-17(33)30-22-9-5-20(6-10-22)27(2)15-34-26(35-16-27)25-31-23(18-3-7-21(28)8-4-18)24(32-25)19-11-13-29-14-12-19/h3-14,26H,15-16H2,1-2H3,(H,30,33)(H,31,32). The molecule has 1 aliphatic rings. The van der Waals surface area contributed by atoms with Crippen LogP contribution in [0.2, 0.25) is 0 Å². The number of hydrogen-bond donors (Lipinski definition) is 2.